The van der Waals surface area contributed by atoms with Gasteiger partial charge in [0.1, 0.15) is 18.5 Å². The molecule has 0 aromatic heterocycles. The fraction of sp³-hybridized carbons (Fsp3) is 0.333. The molecule has 0 aliphatic carbocycles. The maximum Gasteiger partial charge on any atom is 0.119 e. The molecule has 13 heavy (non-hydrogen) atoms. The summed E-state index contributed by atoms with van der Waals surface area (Å²) < 4.78 is 5.23. The average molecular weight is 202 g/mol. The number of benzene rings is 1. The summed E-state index contributed by atoms with van der Waals surface area (Å²) in [5.41, 5.74) is 5.21. The van der Waals surface area contributed by atoms with E-state index in [9.17, 15) is 0 Å². The third-order valence-corrected chi connectivity index (χ3v) is 1.78. The number of aliphatic hydroxyl groups is 1. The first-order chi connectivity index (χ1) is 6.22. The molecule has 0 heterocycles. The first kappa shape index (κ1) is 10.3. The molecular weight excluding hydrogens is 190 g/mol. The number of hydrogen-bond acceptors (Lipinski definition) is 3. The summed E-state index contributed by atoms with van der Waals surface area (Å²) in [5.74, 6) is 0.678. The Hall–Kier alpha value is -0.770. The van der Waals surface area contributed by atoms with Crippen molar-refractivity contribution in [3.05, 3.63) is 29.3 Å². The predicted octanol–water partition coefficient (Wildman–Crippen LogP) is 1.04. The van der Waals surface area contributed by atoms with Crippen LogP contribution in [-0.4, -0.2) is 24.4 Å². The van der Waals surface area contributed by atoms with Gasteiger partial charge in [0.25, 0.3) is 0 Å². The number of nitrogens with two attached hydrogens (primary N) is 1. The van der Waals surface area contributed by atoms with E-state index in [-0.39, 0.29) is 13.2 Å². The highest BCUT2D eigenvalue weighted by molar-refractivity contribution is 6.30. The van der Waals surface area contributed by atoms with Gasteiger partial charge in [0.2, 0.25) is 0 Å². The molecule has 0 aliphatic rings. The molecule has 4 heteroatoms. The smallest absolute Gasteiger partial charge is 0.119 e. The molecule has 0 spiro atoms. The highest BCUT2D eigenvalue weighted by atomic mass is 35.5. The van der Waals surface area contributed by atoms with Crippen LogP contribution in [0, 0.1) is 0 Å². The number of ether oxygens (including phenoxy) is 1. The minimum absolute atomic E-state index is 0.202. The van der Waals surface area contributed by atoms with Gasteiger partial charge in [-0.3, -0.25) is 0 Å². The van der Waals surface area contributed by atoms with Gasteiger partial charge in [-0.05, 0) is 24.3 Å². The zero-order valence-corrected chi connectivity index (χ0v) is 7.87. The maximum atomic E-state index is 9.10. The Morgan fingerprint density at radius 1 is 1.38 bits per heavy atom. The second-order valence-corrected chi connectivity index (χ2v) is 3.09. The topological polar surface area (TPSA) is 55.5 Å². The molecule has 0 radical (unpaired) electrons. The van der Waals surface area contributed by atoms with Crippen molar-refractivity contribution in [2.24, 2.45) is 5.73 Å². The van der Waals surface area contributed by atoms with Crippen molar-refractivity contribution in [3.63, 3.8) is 0 Å². The fourth-order valence-electron chi connectivity index (χ4n) is 0.791. The van der Waals surface area contributed by atoms with Crippen molar-refractivity contribution >= 4 is 11.6 Å². The molecular formula is C9H12ClNO2. The van der Waals surface area contributed by atoms with Crippen LogP contribution in [0.5, 0.6) is 5.75 Å². The molecule has 72 valence electrons. The molecule has 1 aromatic carbocycles. The molecule has 3 nitrogen and oxygen atoms in total. The average Bonchev–Trinajstić information content (AvgIpc) is 2.16. The summed E-state index contributed by atoms with van der Waals surface area (Å²) in [7, 11) is 0. The Balaban J connectivity index is 2.41. The monoisotopic (exact) mass is 201 g/mol. The molecule has 1 atom stereocenters. The van der Waals surface area contributed by atoms with Crippen LogP contribution in [-0.2, 0) is 0 Å². The lowest BCUT2D eigenvalue weighted by Crippen LogP contribution is -2.26. The van der Waals surface area contributed by atoms with Gasteiger partial charge < -0.3 is 15.6 Å². The Bertz CT molecular complexity index is 250. The van der Waals surface area contributed by atoms with E-state index in [1.54, 1.807) is 24.3 Å². The minimum Gasteiger partial charge on any atom is -0.491 e. The first-order valence-electron chi connectivity index (χ1n) is 3.99. The van der Waals surface area contributed by atoms with Gasteiger partial charge in [0.05, 0.1) is 0 Å². The Morgan fingerprint density at radius 2 is 2.00 bits per heavy atom. The zero-order valence-electron chi connectivity index (χ0n) is 7.11. The van der Waals surface area contributed by atoms with E-state index >= 15 is 0 Å². The van der Waals surface area contributed by atoms with Crippen LogP contribution in [0.2, 0.25) is 5.02 Å². The molecule has 0 saturated carbocycles. The molecule has 0 amide bonds. The van der Waals surface area contributed by atoms with E-state index in [0.717, 1.165) is 0 Å². The minimum atomic E-state index is -0.615. The third-order valence-electron chi connectivity index (χ3n) is 1.53. The van der Waals surface area contributed by atoms with Crippen LogP contribution >= 0.6 is 11.6 Å². The van der Waals surface area contributed by atoms with Gasteiger partial charge in [-0.15, -0.1) is 0 Å². The summed E-state index contributed by atoms with van der Waals surface area (Å²) in [4.78, 5) is 0. The van der Waals surface area contributed by atoms with Crippen molar-refractivity contribution in [2.75, 3.05) is 13.2 Å². The van der Waals surface area contributed by atoms with E-state index in [1.807, 2.05) is 0 Å². The van der Waals surface area contributed by atoms with Gasteiger partial charge in [-0.1, -0.05) is 11.6 Å². The van der Waals surface area contributed by atoms with Crippen LogP contribution < -0.4 is 10.5 Å². The van der Waals surface area contributed by atoms with Gasteiger partial charge in [-0.25, -0.2) is 0 Å². The van der Waals surface area contributed by atoms with Crippen molar-refractivity contribution in [1.29, 1.82) is 0 Å². The largest absolute Gasteiger partial charge is 0.491 e. The summed E-state index contributed by atoms with van der Waals surface area (Å²) in [6.07, 6.45) is -0.615. The maximum absolute atomic E-state index is 9.10. The summed E-state index contributed by atoms with van der Waals surface area (Å²) >= 11 is 5.68. The Labute approximate surface area is 82.1 Å². The van der Waals surface area contributed by atoms with Gasteiger partial charge >= 0.3 is 0 Å². The molecule has 0 saturated heterocycles. The lowest BCUT2D eigenvalue weighted by Gasteiger charge is -2.09. The second-order valence-electron chi connectivity index (χ2n) is 2.65. The molecule has 0 bridgehead atoms. The number of halogens is 1. The number of aliphatic hydroxyl groups excluding tert-OH is 1. The standard InChI is InChI=1S/C9H12ClNO2/c10-7-1-3-9(4-2-7)13-6-8(12)5-11/h1-4,8,12H,5-6,11H2/t8-/m1/s1. The fourth-order valence-corrected chi connectivity index (χ4v) is 0.917. The third kappa shape index (κ3) is 3.63. The number of rotatable bonds is 4. The van der Waals surface area contributed by atoms with Gasteiger partial charge in [0.15, 0.2) is 0 Å². The zero-order chi connectivity index (χ0) is 9.68. The van der Waals surface area contributed by atoms with Gasteiger partial charge in [0, 0.05) is 11.6 Å². The second kappa shape index (κ2) is 5.07. The Morgan fingerprint density at radius 3 is 2.54 bits per heavy atom. The van der Waals surface area contributed by atoms with Crippen molar-refractivity contribution < 1.29 is 9.84 Å². The lowest BCUT2D eigenvalue weighted by molar-refractivity contribution is 0.114. The molecule has 0 unspecified atom stereocenters. The van der Waals surface area contributed by atoms with E-state index in [4.69, 9.17) is 27.2 Å². The van der Waals surface area contributed by atoms with Crippen molar-refractivity contribution in [3.8, 4) is 5.75 Å². The van der Waals surface area contributed by atoms with Crippen LogP contribution in [0.4, 0.5) is 0 Å². The molecule has 0 fully saturated rings. The quantitative estimate of drug-likeness (QED) is 0.766. The number of hydrogen-bond donors (Lipinski definition) is 2. The summed E-state index contributed by atoms with van der Waals surface area (Å²) in [6.45, 7) is 0.408. The van der Waals surface area contributed by atoms with E-state index < -0.39 is 6.10 Å². The summed E-state index contributed by atoms with van der Waals surface area (Å²) in [6, 6.07) is 6.94. The SMILES string of the molecule is NC[C@@H](O)COc1ccc(Cl)cc1. The van der Waals surface area contributed by atoms with Crippen LogP contribution in [0.15, 0.2) is 24.3 Å². The molecule has 1 rings (SSSR count). The molecule has 1 aromatic rings. The molecule has 0 aliphatic heterocycles. The van der Waals surface area contributed by atoms with Crippen LogP contribution in [0.1, 0.15) is 0 Å². The van der Waals surface area contributed by atoms with Crippen LogP contribution in [0.25, 0.3) is 0 Å². The highest BCUT2D eigenvalue weighted by Gasteiger charge is 2.01. The van der Waals surface area contributed by atoms with Crippen molar-refractivity contribution in [1.82, 2.24) is 0 Å². The summed E-state index contributed by atoms with van der Waals surface area (Å²) in [5, 5.41) is 9.76. The Kier molecular flexibility index (Phi) is 4.02. The highest BCUT2D eigenvalue weighted by Crippen LogP contribution is 2.15. The molecule has 3 N–H and O–H groups in total. The van der Waals surface area contributed by atoms with E-state index in [2.05, 4.69) is 0 Å². The lowest BCUT2D eigenvalue weighted by atomic mass is 10.3. The van der Waals surface area contributed by atoms with E-state index in [1.165, 1.54) is 0 Å². The van der Waals surface area contributed by atoms with Crippen LogP contribution in [0.3, 0.4) is 0 Å². The van der Waals surface area contributed by atoms with E-state index in [0.29, 0.717) is 10.8 Å². The van der Waals surface area contributed by atoms with Gasteiger partial charge in [-0.2, -0.15) is 0 Å². The predicted molar refractivity (Wildman–Crippen MR) is 52.0 cm³/mol. The van der Waals surface area contributed by atoms with Crippen molar-refractivity contribution in [2.45, 2.75) is 6.10 Å². The first-order valence-corrected chi connectivity index (χ1v) is 4.36. The normalized spacial score (nSPS) is 12.5.